The van der Waals surface area contributed by atoms with Gasteiger partial charge in [0.2, 0.25) is 5.91 Å². The summed E-state index contributed by atoms with van der Waals surface area (Å²) in [6, 6.07) is 5.51. The van der Waals surface area contributed by atoms with Gasteiger partial charge in [0.25, 0.3) is 11.8 Å². The van der Waals surface area contributed by atoms with Crippen molar-refractivity contribution in [2.45, 2.75) is 24.1 Å². The van der Waals surface area contributed by atoms with Crippen molar-refractivity contribution < 1.29 is 31.9 Å². The van der Waals surface area contributed by atoms with Crippen LogP contribution in [0.25, 0.3) is 0 Å². The summed E-state index contributed by atoms with van der Waals surface area (Å²) in [6.45, 7) is 0.805. The van der Waals surface area contributed by atoms with E-state index >= 15 is 0 Å². The number of alkyl halides is 4. The zero-order valence-corrected chi connectivity index (χ0v) is 19.5. The van der Waals surface area contributed by atoms with Gasteiger partial charge in [0, 0.05) is 12.2 Å². The molecule has 0 heterocycles. The van der Waals surface area contributed by atoms with Gasteiger partial charge in [-0.15, -0.1) is 23.2 Å². The molecular weight excluding hydrogens is 525 g/mol. The fraction of sp³-hybridized carbons (Fsp3) is 0.286. The Labute approximate surface area is 206 Å². The fourth-order valence-corrected chi connectivity index (χ4v) is 3.83. The number of rotatable bonds is 7. The molecule has 13 heteroatoms. The molecule has 0 spiro atoms. The quantitative estimate of drug-likeness (QED) is 0.353. The van der Waals surface area contributed by atoms with Gasteiger partial charge in [0.05, 0.1) is 22.2 Å². The molecule has 1 fully saturated rings. The minimum Gasteiger partial charge on any atom is -0.326 e. The Kier molecular flexibility index (Phi) is 7.64. The summed E-state index contributed by atoms with van der Waals surface area (Å²) in [5.74, 6) is -6.56. The van der Waals surface area contributed by atoms with Crippen molar-refractivity contribution in [3.63, 3.8) is 0 Å². The van der Waals surface area contributed by atoms with E-state index < -0.39 is 64.0 Å². The Morgan fingerprint density at radius 3 is 2.35 bits per heavy atom. The maximum atomic E-state index is 15.0. The number of halogens is 7. The lowest BCUT2D eigenvalue weighted by Gasteiger charge is -2.23. The van der Waals surface area contributed by atoms with Gasteiger partial charge in [0.15, 0.2) is 5.82 Å². The Morgan fingerprint density at radius 2 is 1.79 bits per heavy atom. The van der Waals surface area contributed by atoms with Crippen LogP contribution in [0, 0.1) is 17.6 Å². The third-order valence-corrected chi connectivity index (χ3v) is 6.14. The molecule has 2 N–H and O–H groups in total. The van der Waals surface area contributed by atoms with Crippen LogP contribution in [0.15, 0.2) is 30.3 Å². The van der Waals surface area contributed by atoms with Crippen molar-refractivity contribution >= 4 is 69.6 Å². The highest BCUT2D eigenvalue weighted by molar-refractivity contribution is 6.52. The normalized spacial score (nSPS) is 16.2. The molecule has 3 amide bonds. The summed E-state index contributed by atoms with van der Waals surface area (Å²) in [5.41, 5.74) is -1.62. The molecule has 34 heavy (non-hydrogen) atoms. The van der Waals surface area contributed by atoms with Crippen LogP contribution in [0.4, 0.5) is 34.6 Å². The molecule has 0 unspecified atom stereocenters. The van der Waals surface area contributed by atoms with Crippen LogP contribution in [-0.2, 0) is 9.59 Å². The van der Waals surface area contributed by atoms with Crippen LogP contribution in [-0.4, -0.2) is 35.0 Å². The number of carbonyl (C=O) groups is 3. The monoisotopic (exact) mass is 539 g/mol. The Hall–Kier alpha value is -2.56. The highest BCUT2D eigenvalue weighted by atomic mass is 35.5. The zero-order valence-electron chi connectivity index (χ0n) is 17.3. The zero-order chi connectivity index (χ0) is 25.4. The van der Waals surface area contributed by atoms with Crippen LogP contribution in [0.5, 0.6) is 0 Å². The first kappa shape index (κ1) is 26.1. The molecule has 1 saturated carbocycles. The number of hydrogen-bond acceptors (Lipinski definition) is 3. The van der Waals surface area contributed by atoms with Crippen molar-refractivity contribution in [3.8, 4) is 0 Å². The smallest absolute Gasteiger partial charge is 0.316 e. The van der Waals surface area contributed by atoms with Gasteiger partial charge in [-0.3, -0.25) is 14.4 Å². The largest absolute Gasteiger partial charge is 0.326 e. The number of nitrogens with zero attached hydrogens (tertiary/aromatic N) is 1. The second-order valence-electron chi connectivity index (χ2n) is 7.30. The van der Waals surface area contributed by atoms with Gasteiger partial charge >= 0.3 is 6.43 Å². The lowest BCUT2D eigenvalue weighted by atomic mass is 10.1. The van der Waals surface area contributed by atoms with Gasteiger partial charge in [-0.05, 0) is 43.7 Å². The molecule has 0 bridgehead atoms. The Bertz CT molecular complexity index is 1160. The van der Waals surface area contributed by atoms with E-state index in [1.165, 1.54) is 25.1 Å². The van der Waals surface area contributed by atoms with Crippen molar-refractivity contribution in [1.82, 2.24) is 0 Å². The first-order valence-electron chi connectivity index (χ1n) is 9.74. The van der Waals surface area contributed by atoms with Crippen LogP contribution >= 0.6 is 34.8 Å². The molecule has 1 aliphatic rings. The van der Waals surface area contributed by atoms with Gasteiger partial charge < -0.3 is 15.5 Å². The van der Waals surface area contributed by atoms with Crippen LogP contribution < -0.4 is 15.5 Å². The van der Waals surface area contributed by atoms with E-state index in [0.29, 0.717) is 6.07 Å². The van der Waals surface area contributed by atoms with E-state index in [9.17, 15) is 31.9 Å². The van der Waals surface area contributed by atoms with Crippen LogP contribution in [0.3, 0.4) is 0 Å². The second kappa shape index (κ2) is 9.97. The highest BCUT2D eigenvalue weighted by Crippen LogP contribution is 2.53. The SMILES string of the molecule is CCN(C(=O)C(F)F)c1c(F)ccc(NC(=O)c2cc(NC(=O)[C@H]3CC3(Cl)Cl)ccc2Cl)c1F. The van der Waals surface area contributed by atoms with Crippen LogP contribution in [0.2, 0.25) is 5.02 Å². The number of anilines is 3. The predicted octanol–water partition coefficient (Wildman–Crippen LogP) is 5.62. The highest BCUT2D eigenvalue weighted by Gasteiger charge is 2.56. The topological polar surface area (TPSA) is 78.5 Å². The standard InChI is InChI=1S/C21H16Cl3F4N3O3/c1-2-31(20(34)17(27)28)16-13(25)5-6-14(15(16)26)30-18(32)10-7-9(3-4-12(10)22)29-19(33)11-8-21(11,23)24/h3-7,11,17H,2,8H2,1H3,(H,29,33)(H,30,32)/t11-/m1/s1. The molecule has 182 valence electrons. The molecule has 6 nitrogen and oxygen atoms in total. The first-order valence-corrected chi connectivity index (χ1v) is 10.9. The molecule has 1 atom stereocenters. The third-order valence-electron chi connectivity index (χ3n) is 4.97. The number of nitrogens with one attached hydrogen (secondary N) is 2. The maximum absolute atomic E-state index is 15.0. The minimum absolute atomic E-state index is 0.0586. The predicted molar refractivity (Wildman–Crippen MR) is 121 cm³/mol. The van der Waals surface area contributed by atoms with Crippen molar-refractivity contribution in [3.05, 3.63) is 52.6 Å². The number of carbonyl (C=O) groups excluding carboxylic acids is 3. The Balaban J connectivity index is 1.86. The summed E-state index contributed by atoms with van der Waals surface area (Å²) in [6.07, 6.45) is -3.23. The minimum atomic E-state index is -3.49. The number of amides is 3. The molecule has 0 aliphatic heterocycles. The van der Waals surface area contributed by atoms with E-state index in [1.54, 1.807) is 0 Å². The van der Waals surface area contributed by atoms with E-state index in [4.69, 9.17) is 34.8 Å². The summed E-state index contributed by atoms with van der Waals surface area (Å²) in [4.78, 5) is 36.8. The number of benzene rings is 2. The summed E-state index contributed by atoms with van der Waals surface area (Å²) in [7, 11) is 0. The summed E-state index contributed by atoms with van der Waals surface area (Å²) < 4.78 is 53.8. The molecule has 1 aliphatic carbocycles. The molecule has 0 radical (unpaired) electrons. The molecule has 2 aromatic rings. The van der Waals surface area contributed by atoms with Crippen molar-refractivity contribution in [2.24, 2.45) is 5.92 Å². The van der Waals surface area contributed by atoms with Crippen molar-refractivity contribution in [2.75, 3.05) is 22.1 Å². The molecule has 0 saturated heterocycles. The van der Waals surface area contributed by atoms with E-state index in [-0.39, 0.29) is 27.6 Å². The second-order valence-corrected chi connectivity index (χ2v) is 9.25. The summed E-state index contributed by atoms with van der Waals surface area (Å²) >= 11 is 17.8. The maximum Gasteiger partial charge on any atom is 0.316 e. The van der Waals surface area contributed by atoms with Crippen LogP contribution in [0.1, 0.15) is 23.7 Å². The van der Waals surface area contributed by atoms with E-state index in [1.807, 2.05) is 0 Å². The molecule has 0 aromatic heterocycles. The molecule has 2 aromatic carbocycles. The molecular formula is C21H16Cl3F4N3O3. The van der Waals surface area contributed by atoms with E-state index in [0.717, 1.165) is 6.07 Å². The lowest BCUT2D eigenvalue weighted by Crippen LogP contribution is -2.37. The third kappa shape index (κ3) is 5.39. The van der Waals surface area contributed by atoms with E-state index in [2.05, 4.69) is 10.6 Å². The van der Waals surface area contributed by atoms with Crippen molar-refractivity contribution in [1.29, 1.82) is 0 Å². The van der Waals surface area contributed by atoms with Gasteiger partial charge in [-0.25, -0.2) is 8.78 Å². The average molecular weight is 541 g/mol. The Morgan fingerprint density at radius 1 is 1.15 bits per heavy atom. The average Bonchev–Trinajstić information content (AvgIpc) is 3.42. The van der Waals surface area contributed by atoms with Gasteiger partial charge in [-0.2, -0.15) is 8.78 Å². The fourth-order valence-electron chi connectivity index (χ4n) is 3.12. The first-order chi connectivity index (χ1) is 15.9. The van der Waals surface area contributed by atoms with Gasteiger partial charge in [0.1, 0.15) is 15.8 Å². The number of hydrogen-bond donors (Lipinski definition) is 2. The molecule has 3 rings (SSSR count). The summed E-state index contributed by atoms with van der Waals surface area (Å²) in [5, 5.41) is 4.64. The van der Waals surface area contributed by atoms with Gasteiger partial charge in [-0.1, -0.05) is 11.6 Å². The lowest BCUT2D eigenvalue weighted by molar-refractivity contribution is -0.129.